The van der Waals surface area contributed by atoms with Crippen molar-refractivity contribution >= 4 is 0 Å². The van der Waals surface area contributed by atoms with E-state index in [4.69, 9.17) is 4.74 Å². The molecule has 0 aliphatic rings. The molecule has 2 aromatic rings. The fraction of sp³-hybridized carbons (Fsp3) is 0.667. The molecule has 0 N–H and O–H groups in total. The van der Waals surface area contributed by atoms with E-state index in [1.807, 2.05) is 0 Å². The summed E-state index contributed by atoms with van der Waals surface area (Å²) in [5.74, 6) is 2.38. The van der Waals surface area contributed by atoms with Crippen molar-refractivity contribution < 1.29 is 4.74 Å². The molecule has 0 saturated heterocycles. The molecule has 184 valence electrons. The van der Waals surface area contributed by atoms with E-state index in [-0.39, 0.29) is 0 Å². The SMILES string of the molecule is CCCCCCCCCCOc1cnc(-c2ccc(CCCCCCCC(C)C)cc2)nc1. The zero-order chi connectivity index (χ0) is 23.6. The number of aromatic nitrogens is 2. The number of hydrogen-bond donors (Lipinski definition) is 0. The molecule has 3 nitrogen and oxygen atoms in total. The lowest BCUT2D eigenvalue weighted by molar-refractivity contribution is 0.302. The van der Waals surface area contributed by atoms with Crippen LogP contribution in [0.15, 0.2) is 36.7 Å². The minimum atomic E-state index is 0.754. The molecule has 3 heteroatoms. The maximum absolute atomic E-state index is 5.83. The van der Waals surface area contributed by atoms with Gasteiger partial charge in [0.1, 0.15) is 0 Å². The topological polar surface area (TPSA) is 35.0 Å². The average Bonchev–Trinajstić information content (AvgIpc) is 2.83. The Bertz CT molecular complexity index is 709. The van der Waals surface area contributed by atoms with Crippen LogP contribution < -0.4 is 4.74 Å². The minimum absolute atomic E-state index is 0.754. The van der Waals surface area contributed by atoms with Crippen molar-refractivity contribution in [2.75, 3.05) is 6.61 Å². The third kappa shape index (κ3) is 12.8. The largest absolute Gasteiger partial charge is 0.490 e. The van der Waals surface area contributed by atoms with Crippen molar-refractivity contribution in [3.05, 3.63) is 42.2 Å². The van der Waals surface area contributed by atoms with Gasteiger partial charge in [-0.1, -0.05) is 122 Å². The number of unbranched alkanes of at least 4 members (excludes halogenated alkanes) is 11. The van der Waals surface area contributed by atoms with Crippen LogP contribution in [0.1, 0.15) is 116 Å². The van der Waals surface area contributed by atoms with Crippen LogP contribution in [-0.4, -0.2) is 16.6 Å². The predicted molar refractivity (Wildman–Crippen MR) is 142 cm³/mol. The van der Waals surface area contributed by atoms with Gasteiger partial charge in [-0.3, -0.25) is 0 Å². The Balaban J connectivity index is 1.60. The van der Waals surface area contributed by atoms with Crippen LogP contribution in [0.25, 0.3) is 11.4 Å². The van der Waals surface area contributed by atoms with Gasteiger partial charge in [0, 0.05) is 5.56 Å². The molecule has 0 fully saturated rings. The molecule has 0 unspecified atom stereocenters. The summed E-state index contributed by atoms with van der Waals surface area (Å²) in [6.07, 6.45) is 23.4. The van der Waals surface area contributed by atoms with Gasteiger partial charge >= 0.3 is 0 Å². The van der Waals surface area contributed by atoms with Crippen molar-refractivity contribution in [3.8, 4) is 17.1 Å². The fourth-order valence-electron chi connectivity index (χ4n) is 4.20. The Labute approximate surface area is 203 Å². The van der Waals surface area contributed by atoms with Gasteiger partial charge in [-0.05, 0) is 30.7 Å². The van der Waals surface area contributed by atoms with E-state index < -0.39 is 0 Å². The highest BCUT2D eigenvalue weighted by atomic mass is 16.5. The monoisotopic (exact) mass is 452 g/mol. The van der Waals surface area contributed by atoms with Gasteiger partial charge in [-0.15, -0.1) is 0 Å². The van der Waals surface area contributed by atoms with Crippen molar-refractivity contribution in [1.29, 1.82) is 0 Å². The normalized spacial score (nSPS) is 11.3. The van der Waals surface area contributed by atoms with Crippen LogP contribution >= 0.6 is 0 Å². The molecule has 0 saturated carbocycles. The lowest BCUT2D eigenvalue weighted by atomic mass is 10.0. The molecule has 0 aliphatic carbocycles. The van der Waals surface area contributed by atoms with E-state index in [1.165, 1.54) is 89.0 Å². The van der Waals surface area contributed by atoms with Crippen LogP contribution in [0.5, 0.6) is 5.75 Å². The molecular formula is C30H48N2O. The highest BCUT2D eigenvalue weighted by Gasteiger charge is 2.03. The zero-order valence-corrected chi connectivity index (χ0v) is 21.7. The van der Waals surface area contributed by atoms with Crippen LogP contribution in [0.2, 0.25) is 0 Å². The Morgan fingerprint density at radius 1 is 0.697 bits per heavy atom. The standard InChI is InChI=1S/C30H48N2O/c1-4-5-6-7-8-9-13-16-23-33-29-24-31-30(32-25-29)28-21-19-27(20-22-28)18-15-12-10-11-14-17-26(2)3/h19-22,24-26H,4-18,23H2,1-3H3. The Morgan fingerprint density at radius 3 is 1.91 bits per heavy atom. The van der Waals surface area contributed by atoms with Gasteiger partial charge in [-0.2, -0.15) is 0 Å². The summed E-state index contributed by atoms with van der Waals surface area (Å²) in [6.45, 7) is 7.65. The Hall–Kier alpha value is -1.90. The molecule has 1 aromatic heterocycles. The van der Waals surface area contributed by atoms with E-state index in [2.05, 4.69) is 55.0 Å². The number of aryl methyl sites for hydroxylation is 1. The third-order valence-corrected chi connectivity index (χ3v) is 6.35. The maximum atomic E-state index is 5.83. The molecule has 2 rings (SSSR count). The fourth-order valence-corrected chi connectivity index (χ4v) is 4.20. The molecule has 33 heavy (non-hydrogen) atoms. The first-order valence-electron chi connectivity index (χ1n) is 13.7. The van der Waals surface area contributed by atoms with E-state index >= 15 is 0 Å². The van der Waals surface area contributed by atoms with Gasteiger partial charge in [-0.25, -0.2) is 9.97 Å². The lowest BCUT2D eigenvalue weighted by Crippen LogP contribution is -1.99. The van der Waals surface area contributed by atoms with Gasteiger partial charge in [0.05, 0.1) is 19.0 Å². The van der Waals surface area contributed by atoms with Crippen LogP contribution in [0.4, 0.5) is 0 Å². The zero-order valence-electron chi connectivity index (χ0n) is 21.7. The first-order valence-corrected chi connectivity index (χ1v) is 13.7. The first kappa shape index (κ1) is 27.3. The summed E-state index contributed by atoms with van der Waals surface area (Å²) in [7, 11) is 0. The number of ether oxygens (including phenoxy) is 1. The first-order chi connectivity index (χ1) is 16.2. The van der Waals surface area contributed by atoms with E-state index in [0.717, 1.165) is 42.5 Å². The second kappa shape index (κ2) is 17.6. The highest BCUT2D eigenvalue weighted by Crippen LogP contribution is 2.19. The number of nitrogens with zero attached hydrogens (tertiary/aromatic N) is 2. The number of rotatable bonds is 19. The summed E-state index contributed by atoms with van der Waals surface area (Å²) >= 11 is 0. The van der Waals surface area contributed by atoms with Crippen molar-refractivity contribution in [3.63, 3.8) is 0 Å². The molecule has 0 radical (unpaired) electrons. The summed E-state index contributed by atoms with van der Waals surface area (Å²) in [5.41, 5.74) is 2.48. The maximum Gasteiger partial charge on any atom is 0.159 e. The van der Waals surface area contributed by atoms with Crippen molar-refractivity contribution in [2.24, 2.45) is 5.92 Å². The Morgan fingerprint density at radius 2 is 1.27 bits per heavy atom. The lowest BCUT2D eigenvalue weighted by Gasteiger charge is -2.07. The smallest absolute Gasteiger partial charge is 0.159 e. The summed E-state index contributed by atoms with van der Waals surface area (Å²) in [6, 6.07) is 8.75. The third-order valence-electron chi connectivity index (χ3n) is 6.35. The molecule has 1 heterocycles. The van der Waals surface area contributed by atoms with Gasteiger partial charge < -0.3 is 4.74 Å². The van der Waals surface area contributed by atoms with Crippen molar-refractivity contribution in [1.82, 2.24) is 9.97 Å². The van der Waals surface area contributed by atoms with Crippen molar-refractivity contribution in [2.45, 2.75) is 117 Å². The van der Waals surface area contributed by atoms with Crippen LogP contribution in [-0.2, 0) is 6.42 Å². The summed E-state index contributed by atoms with van der Waals surface area (Å²) in [5, 5.41) is 0. The number of benzene rings is 1. The van der Waals surface area contributed by atoms with Crippen LogP contribution in [0, 0.1) is 5.92 Å². The number of hydrogen-bond acceptors (Lipinski definition) is 3. The molecule has 1 aromatic carbocycles. The predicted octanol–water partition coefficient (Wildman–Crippen LogP) is 9.20. The minimum Gasteiger partial charge on any atom is -0.490 e. The van der Waals surface area contributed by atoms with Gasteiger partial charge in [0.25, 0.3) is 0 Å². The van der Waals surface area contributed by atoms with E-state index in [9.17, 15) is 0 Å². The quantitative estimate of drug-likeness (QED) is 0.199. The van der Waals surface area contributed by atoms with Gasteiger partial charge in [0.2, 0.25) is 0 Å². The van der Waals surface area contributed by atoms with E-state index in [1.54, 1.807) is 12.4 Å². The van der Waals surface area contributed by atoms with Crippen LogP contribution in [0.3, 0.4) is 0 Å². The Kier molecular flexibility index (Phi) is 14.6. The summed E-state index contributed by atoms with van der Waals surface area (Å²) in [4.78, 5) is 9.03. The highest BCUT2D eigenvalue weighted by molar-refractivity contribution is 5.55. The second-order valence-electron chi connectivity index (χ2n) is 9.96. The molecule has 0 atom stereocenters. The molecule has 0 spiro atoms. The average molecular weight is 453 g/mol. The van der Waals surface area contributed by atoms with E-state index in [0.29, 0.717) is 0 Å². The van der Waals surface area contributed by atoms with Gasteiger partial charge in [0.15, 0.2) is 11.6 Å². The summed E-state index contributed by atoms with van der Waals surface area (Å²) < 4.78 is 5.83. The molecule has 0 amide bonds. The molecule has 0 bridgehead atoms. The molecule has 0 aliphatic heterocycles. The second-order valence-corrected chi connectivity index (χ2v) is 9.96. The molecular weight excluding hydrogens is 404 g/mol.